The van der Waals surface area contributed by atoms with E-state index in [1.807, 2.05) is 0 Å². The number of amides is 1. The molecule has 1 amide bonds. The van der Waals surface area contributed by atoms with Crippen LogP contribution in [0.5, 0.6) is 11.5 Å². The minimum atomic E-state index is -0.0821. The van der Waals surface area contributed by atoms with Crippen LogP contribution in [-0.4, -0.2) is 49.2 Å². The number of ether oxygens (including phenoxy) is 2. The van der Waals surface area contributed by atoms with Gasteiger partial charge in [0.1, 0.15) is 13.2 Å². The van der Waals surface area contributed by atoms with Gasteiger partial charge in [0.25, 0.3) is 5.91 Å². The van der Waals surface area contributed by atoms with E-state index >= 15 is 0 Å². The van der Waals surface area contributed by atoms with Crippen molar-refractivity contribution >= 4 is 17.5 Å². The second-order valence-corrected chi connectivity index (χ2v) is 6.86. The molecule has 0 aliphatic carbocycles. The van der Waals surface area contributed by atoms with Crippen LogP contribution in [-0.2, 0) is 0 Å². The molecule has 1 N–H and O–H groups in total. The number of carbonyl (C=O) groups excluding carboxylic acids is 1. The first-order valence-electron chi connectivity index (χ1n) is 8.36. The van der Waals surface area contributed by atoms with E-state index in [2.05, 4.69) is 10.2 Å². The molecule has 2 saturated heterocycles. The Labute approximate surface area is 140 Å². The molecule has 2 fully saturated rings. The standard InChI is InChI=1S/C17H21ClN2O3/c18-12-9-11(10-15-16(12)23-8-7-22-15)17(21)19-13-4-6-20-5-2-1-3-14(13)20/h9-10,13-14H,1-8H2,(H,19,21). The summed E-state index contributed by atoms with van der Waals surface area (Å²) < 4.78 is 11.1. The third-order valence-corrected chi connectivity index (χ3v) is 5.31. The van der Waals surface area contributed by atoms with E-state index in [9.17, 15) is 4.79 Å². The molecule has 4 rings (SSSR count). The lowest BCUT2D eigenvalue weighted by Crippen LogP contribution is -2.46. The van der Waals surface area contributed by atoms with Crippen molar-refractivity contribution in [3.05, 3.63) is 22.7 Å². The number of hydrogen-bond acceptors (Lipinski definition) is 4. The highest BCUT2D eigenvalue weighted by Gasteiger charge is 2.36. The molecule has 124 valence electrons. The van der Waals surface area contributed by atoms with Crippen LogP contribution in [0.15, 0.2) is 12.1 Å². The molecule has 3 aliphatic rings. The van der Waals surface area contributed by atoms with Gasteiger partial charge < -0.3 is 14.8 Å². The van der Waals surface area contributed by atoms with Gasteiger partial charge in [0.05, 0.1) is 5.02 Å². The lowest BCUT2D eigenvalue weighted by atomic mass is 9.99. The average Bonchev–Trinajstić information content (AvgIpc) is 2.98. The number of nitrogens with zero attached hydrogens (tertiary/aromatic N) is 1. The van der Waals surface area contributed by atoms with Gasteiger partial charge in [-0.15, -0.1) is 0 Å². The molecule has 1 aromatic rings. The number of nitrogens with one attached hydrogen (secondary N) is 1. The molecule has 1 aromatic carbocycles. The van der Waals surface area contributed by atoms with Gasteiger partial charge in [0.2, 0.25) is 0 Å². The Bertz CT molecular complexity index is 622. The van der Waals surface area contributed by atoms with Crippen molar-refractivity contribution in [3.8, 4) is 11.5 Å². The monoisotopic (exact) mass is 336 g/mol. The summed E-state index contributed by atoms with van der Waals surface area (Å²) in [7, 11) is 0. The van der Waals surface area contributed by atoms with Crippen molar-refractivity contribution in [3.63, 3.8) is 0 Å². The van der Waals surface area contributed by atoms with Gasteiger partial charge in [0.15, 0.2) is 11.5 Å². The zero-order chi connectivity index (χ0) is 15.8. The number of piperidine rings is 1. The summed E-state index contributed by atoms with van der Waals surface area (Å²) >= 11 is 6.23. The molecule has 6 heteroatoms. The first kappa shape index (κ1) is 15.1. The number of rotatable bonds is 2. The molecule has 0 bridgehead atoms. The van der Waals surface area contributed by atoms with Gasteiger partial charge in [-0.2, -0.15) is 0 Å². The first-order chi connectivity index (χ1) is 11.2. The molecular formula is C17H21ClN2O3. The quantitative estimate of drug-likeness (QED) is 0.901. The normalized spacial score (nSPS) is 26.7. The van der Waals surface area contributed by atoms with Crippen molar-refractivity contribution in [2.45, 2.75) is 37.8 Å². The zero-order valence-electron chi connectivity index (χ0n) is 13.0. The topological polar surface area (TPSA) is 50.8 Å². The number of halogens is 1. The summed E-state index contributed by atoms with van der Waals surface area (Å²) in [4.78, 5) is 15.1. The summed E-state index contributed by atoms with van der Waals surface area (Å²) in [5, 5.41) is 3.62. The molecule has 0 aromatic heterocycles. The van der Waals surface area contributed by atoms with Crippen LogP contribution in [0.1, 0.15) is 36.0 Å². The van der Waals surface area contributed by atoms with E-state index in [4.69, 9.17) is 21.1 Å². The van der Waals surface area contributed by atoms with Crippen molar-refractivity contribution in [1.29, 1.82) is 0 Å². The van der Waals surface area contributed by atoms with Crippen molar-refractivity contribution in [2.24, 2.45) is 0 Å². The molecule has 0 spiro atoms. The van der Waals surface area contributed by atoms with Gasteiger partial charge in [-0.25, -0.2) is 0 Å². The lowest BCUT2D eigenvalue weighted by Gasteiger charge is -2.32. The zero-order valence-corrected chi connectivity index (χ0v) is 13.8. The Hall–Kier alpha value is -1.46. The predicted molar refractivity (Wildman–Crippen MR) is 87.5 cm³/mol. The fraction of sp³-hybridized carbons (Fsp3) is 0.588. The van der Waals surface area contributed by atoms with Crippen LogP contribution >= 0.6 is 11.6 Å². The Morgan fingerprint density at radius 1 is 1.17 bits per heavy atom. The summed E-state index contributed by atoms with van der Waals surface area (Å²) in [5.74, 6) is 1.01. The summed E-state index contributed by atoms with van der Waals surface area (Å²) in [6, 6.07) is 4.11. The maximum Gasteiger partial charge on any atom is 0.251 e. The van der Waals surface area contributed by atoms with E-state index < -0.39 is 0 Å². The van der Waals surface area contributed by atoms with Gasteiger partial charge in [-0.1, -0.05) is 18.0 Å². The molecule has 3 aliphatic heterocycles. The van der Waals surface area contributed by atoms with Gasteiger partial charge in [0, 0.05) is 24.2 Å². The van der Waals surface area contributed by atoms with Gasteiger partial charge in [-0.3, -0.25) is 9.69 Å². The minimum absolute atomic E-state index is 0.0821. The SMILES string of the molecule is O=C(NC1CCN2CCCCC12)c1cc(Cl)c2c(c1)OCCO2. The van der Waals surface area contributed by atoms with E-state index in [0.717, 1.165) is 19.5 Å². The maximum atomic E-state index is 12.6. The minimum Gasteiger partial charge on any atom is -0.486 e. The van der Waals surface area contributed by atoms with Crippen LogP contribution < -0.4 is 14.8 Å². The molecular weight excluding hydrogens is 316 g/mol. The molecule has 3 heterocycles. The highest BCUT2D eigenvalue weighted by Crippen LogP contribution is 2.38. The number of benzene rings is 1. The second-order valence-electron chi connectivity index (χ2n) is 6.45. The maximum absolute atomic E-state index is 12.6. The number of hydrogen-bond donors (Lipinski definition) is 1. The Morgan fingerprint density at radius 2 is 2.04 bits per heavy atom. The number of fused-ring (bicyclic) bond motifs is 2. The summed E-state index contributed by atoms with van der Waals surface area (Å²) in [5.41, 5.74) is 0.536. The van der Waals surface area contributed by atoms with Crippen LogP contribution in [0.25, 0.3) is 0 Å². The van der Waals surface area contributed by atoms with Gasteiger partial charge >= 0.3 is 0 Å². The molecule has 5 nitrogen and oxygen atoms in total. The Morgan fingerprint density at radius 3 is 2.96 bits per heavy atom. The van der Waals surface area contributed by atoms with Crippen molar-refractivity contribution in [2.75, 3.05) is 26.3 Å². The highest BCUT2D eigenvalue weighted by molar-refractivity contribution is 6.32. The Balaban J connectivity index is 1.50. The number of carbonyl (C=O) groups is 1. The highest BCUT2D eigenvalue weighted by atomic mass is 35.5. The van der Waals surface area contributed by atoms with E-state index in [-0.39, 0.29) is 11.9 Å². The third-order valence-electron chi connectivity index (χ3n) is 5.03. The largest absolute Gasteiger partial charge is 0.486 e. The van der Waals surface area contributed by atoms with Crippen LogP contribution in [0.4, 0.5) is 0 Å². The predicted octanol–water partition coefficient (Wildman–Crippen LogP) is 2.47. The first-order valence-corrected chi connectivity index (χ1v) is 8.74. The fourth-order valence-corrected chi connectivity index (χ4v) is 4.17. The average molecular weight is 337 g/mol. The third kappa shape index (κ3) is 2.88. The van der Waals surface area contributed by atoms with E-state index in [0.29, 0.717) is 41.3 Å². The summed E-state index contributed by atoms with van der Waals surface area (Å²) in [6.45, 7) is 3.20. The fourth-order valence-electron chi connectivity index (χ4n) is 3.91. The molecule has 23 heavy (non-hydrogen) atoms. The molecule has 2 atom stereocenters. The van der Waals surface area contributed by atoms with Crippen LogP contribution in [0.3, 0.4) is 0 Å². The van der Waals surface area contributed by atoms with E-state index in [1.165, 1.54) is 19.3 Å². The van der Waals surface area contributed by atoms with Crippen molar-refractivity contribution in [1.82, 2.24) is 10.2 Å². The van der Waals surface area contributed by atoms with Crippen LogP contribution in [0, 0.1) is 0 Å². The van der Waals surface area contributed by atoms with Gasteiger partial charge in [-0.05, 0) is 37.9 Å². The molecule has 0 saturated carbocycles. The van der Waals surface area contributed by atoms with Crippen LogP contribution in [0.2, 0.25) is 5.02 Å². The second kappa shape index (κ2) is 6.21. The summed E-state index contributed by atoms with van der Waals surface area (Å²) in [6.07, 6.45) is 4.72. The van der Waals surface area contributed by atoms with Crippen molar-refractivity contribution < 1.29 is 14.3 Å². The Kier molecular flexibility index (Phi) is 4.07. The smallest absolute Gasteiger partial charge is 0.251 e. The molecule has 2 unspecified atom stereocenters. The van der Waals surface area contributed by atoms with E-state index in [1.54, 1.807) is 12.1 Å². The lowest BCUT2D eigenvalue weighted by molar-refractivity contribution is 0.0914. The molecule has 0 radical (unpaired) electrons.